The van der Waals surface area contributed by atoms with Crippen LogP contribution in [0.25, 0.3) is 0 Å². The smallest absolute Gasteiger partial charge is 0.358 e. The summed E-state index contributed by atoms with van der Waals surface area (Å²) in [5.41, 5.74) is 0.613. The van der Waals surface area contributed by atoms with Gasteiger partial charge in [-0.25, -0.2) is 13.9 Å². The Labute approximate surface area is 138 Å². The minimum atomic E-state index is -1.19. The molecule has 1 heterocycles. The van der Waals surface area contributed by atoms with Gasteiger partial charge in [-0.2, -0.15) is 0 Å². The lowest BCUT2D eigenvalue weighted by Crippen LogP contribution is -2.36. The molecule has 7 nitrogen and oxygen atoms in total. The standard InChI is InChI=1S/C16H19FN4O3/c1-2-7-20(8-6-12-4-3-5-13(17)9-12)15(22)11-21-10-14(16(23)24)18-19-21/h3-5,9-10H,2,6-8,11H2,1H3,(H,23,24). The third-order valence-corrected chi connectivity index (χ3v) is 3.46. The first-order chi connectivity index (χ1) is 11.5. The highest BCUT2D eigenvalue weighted by molar-refractivity contribution is 5.84. The molecule has 0 spiro atoms. The van der Waals surface area contributed by atoms with Gasteiger partial charge < -0.3 is 10.0 Å². The Balaban J connectivity index is 1.97. The zero-order valence-corrected chi connectivity index (χ0v) is 13.4. The minimum Gasteiger partial charge on any atom is -0.476 e. The molecule has 1 aromatic carbocycles. The van der Waals surface area contributed by atoms with Gasteiger partial charge in [0.1, 0.15) is 12.4 Å². The zero-order valence-electron chi connectivity index (χ0n) is 13.4. The van der Waals surface area contributed by atoms with E-state index in [9.17, 15) is 14.0 Å². The third kappa shape index (κ3) is 4.87. The average Bonchev–Trinajstić information content (AvgIpc) is 3.00. The van der Waals surface area contributed by atoms with Gasteiger partial charge >= 0.3 is 5.97 Å². The van der Waals surface area contributed by atoms with Crippen LogP contribution >= 0.6 is 0 Å². The molecule has 8 heteroatoms. The number of carboxylic acid groups (broad SMARTS) is 1. The number of halogens is 1. The second kappa shape index (κ2) is 8.19. The third-order valence-electron chi connectivity index (χ3n) is 3.46. The molecule has 2 aromatic rings. The fourth-order valence-corrected chi connectivity index (χ4v) is 2.30. The Morgan fingerprint density at radius 1 is 1.33 bits per heavy atom. The van der Waals surface area contributed by atoms with E-state index >= 15 is 0 Å². The number of amides is 1. The van der Waals surface area contributed by atoms with Crippen molar-refractivity contribution in [2.75, 3.05) is 13.1 Å². The van der Waals surface area contributed by atoms with Crippen LogP contribution in [0.4, 0.5) is 4.39 Å². The molecule has 1 aromatic heterocycles. The van der Waals surface area contributed by atoms with Crippen LogP contribution < -0.4 is 0 Å². The van der Waals surface area contributed by atoms with E-state index in [0.29, 0.717) is 19.5 Å². The Hall–Kier alpha value is -2.77. The summed E-state index contributed by atoms with van der Waals surface area (Å²) in [4.78, 5) is 24.8. The number of benzene rings is 1. The maximum atomic E-state index is 13.2. The molecule has 0 radical (unpaired) electrons. The molecule has 1 amide bonds. The molecule has 128 valence electrons. The molecule has 0 aliphatic heterocycles. The van der Waals surface area contributed by atoms with Crippen molar-refractivity contribution in [3.8, 4) is 0 Å². The summed E-state index contributed by atoms with van der Waals surface area (Å²) < 4.78 is 14.4. The van der Waals surface area contributed by atoms with Crippen LogP contribution in [0.2, 0.25) is 0 Å². The van der Waals surface area contributed by atoms with E-state index < -0.39 is 5.97 Å². The highest BCUT2D eigenvalue weighted by atomic mass is 19.1. The number of hydrogen-bond donors (Lipinski definition) is 1. The highest BCUT2D eigenvalue weighted by Gasteiger charge is 2.16. The van der Waals surface area contributed by atoms with E-state index in [1.165, 1.54) is 23.0 Å². The topological polar surface area (TPSA) is 88.3 Å². The van der Waals surface area contributed by atoms with Crippen molar-refractivity contribution in [1.82, 2.24) is 19.9 Å². The predicted octanol–water partition coefficient (Wildman–Crippen LogP) is 1.60. The number of nitrogens with zero attached hydrogens (tertiary/aromatic N) is 4. The Kier molecular flexibility index (Phi) is 6.00. The number of carboxylic acids is 1. The molecule has 0 unspecified atom stereocenters. The van der Waals surface area contributed by atoms with Gasteiger partial charge in [0.25, 0.3) is 0 Å². The van der Waals surface area contributed by atoms with Gasteiger partial charge in [0.15, 0.2) is 5.69 Å². The van der Waals surface area contributed by atoms with Crippen molar-refractivity contribution in [3.05, 3.63) is 47.5 Å². The SMILES string of the molecule is CCCN(CCc1cccc(F)c1)C(=O)Cn1cc(C(=O)O)nn1. The van der Waals surface area contributed by atoms with E-state index in [4.69, 9.17) is 5.11 Å². The molecule has 0 bridgehead atoms. The normalized spacial score (nSPS) is 10.6. The summed E-state index contributed by atoms with van der Waals surface area (Å²) in [6, 6.07) is 6.28. The molecule has 0 saturated carbocycles. The van der Waals surface area contributed by atoms with Gasteiger partial charge in [0.2, 0.25) is 5.91 Å². The molecule has 0 saturated heterocycles. The largest absolute Gasteiger partial charge is 0.476 e. The molecule has 0 aliphatic rings. The van der Waals surface area contributed by atoms with Crippen molar-refractivity contribution >= 4 is 11.9 Å². The maximum absolute atomic E-state index is 13.2. The molecule has 24 heavy (non-hydrogen) atoms. The lowest BCUT2D eigenvalue weighted by molar-refractivity contribution is -0.132. The van der Waals surface area contributed by atoms with Gasteiger partial charge in [0.05, 0.1) is 6.20 Å². The summed E-state index contributed by atoms with van der Waals surface area (Å²) in [5.74, 6) is -1.68. The Morgan fingerprint density at radius 3 is 2.75 bits per heavy atom. The number of aromatic nitrogens is 3. The first-order valence-corrected chi connectivity index (χ1v) is 7.65. The Morgan fingerprint density at radius 2 is 2.12 bits per heavy atom. The number of carbonyl (C=O) groups is 2. The molecular weight excluding hydrogens is 315 g/mol. The van der Waals surface area contributed by atoms with Gasteiger partial charge in [-0.15, -0.1) is 5.10 Å². The number of hydrogen-bond acceptors (Lipinski definition) is 4. The van der Waals surface area contributed by atoms with Gasteiger partial charge in [-0.3, -0.25) is 4.79 Å². The van der Waals surface area contributed by atoms with Crippen molar-refractivity contribution in [2.24, 2.45) is 0 Å². The predicted molar refractivity (Wildman–Crippen MR) is 84.0 cm³/mol. The monoisotopic (exact) mass is 334 g/mol. The quantitative estimate of drug-likeness (QED) is 0.792. The van der Waals surface area contributed by atoms with Crippen molar-refractivity contribution in [2.45, 2.75) is 26.3 Å². The van der Waals surface area contributed by atoms with Crippen LogP contribution in [-0.2, 0) is 17.8 Å². The number of carbonyl (C=O) groups excluding carboxylic acids is 1. The van der Waals surface area contributed by atoms with Crippen molar-refractivity contribution < 1.29 is 19.1 Å². The fourth-order valence-electron chi connectivity index (χ4n) is 2.30. The van der Waals surface area contributed by atoms with Gasteiger partial charge in [-0.1, -0.05) is 24.3 Å². The molecule has 1 N–H and O–H groups in total. The molecule has 0 aliphatic carbocycles. The van der Waals surface area contributed by atoms with Crippen molar-refractivity contribution in [3.63, 3.8) is 0 Å². The van der Waals surface area contributed by atoms with E-state index in [2.05, 4.69) is 10.3 Å². The van der Waals surface area contributed by atoms with Gasteiger partial charge in [-0.05, 0) is 30.5 Å². The fraction of sp³-hybridized carbons (Fsp3) is 0.375. The summed E-state index contributed by atoms with van der Waals surface area (Å²) >= 11 is 0. The van der Waals surface area contributed by atoms with Crippen LogP contribution in [0, 0.1) is 5.82 Å². The molecule has 2 rings (SSSR count). The minimum absolute atomic E-state index is 0.0799. The summed E-state index contributed by atoms with van der Waals surface area (Å²) in [5, 5.41) is 15.9. The molecule has 0 atom stereocenters. The summed E-state index contributed by atoms with van der Waals surface area (Å²) in [7, 11) is 0. The van der Waals surface area contributed by atoms with Crippen LogP contribution in [-0.4, -0.2) is 50.0 Å². The Bertz CT molecular complexity index is 717. The van der Waals surface area contributed by atoms with Gasteiger partial charge in [0, 0.05) is 13.1 Å². The van der Waals surface area contributed by atoms with Crippen LogP contribution in [0.5, 0.6) is 0 Å². The van der Waals surface area contributed by atoms with Crippen LogP contribution in [0.3, 0.4) is 0 Å². The second-order valence-corrected chi connectivity index (χ2v) is 5.37. The summed E-state index contributed by atoms with van der Waals surface area (Å²) in [6.45, 7) is 2.90. The van der Waals surface area contributed by atoms with Crippen LogP contribution in [0.1, 0.15) is 29.4 Å². The number of aromatic carboxylic acids is 1. The molecule has 0 fully saturated rings. The molecular formula is C16H19FN4O3. The van der Waals surface area contributed by atoms with E-state index in [1.54, 1.807) is 11.0 Å². The maximum Gasteiger partial charge on any atom is 0.358 e. The lowest BCUT2D eigenvalue weighted by Gasteiger charge is -2.22. The first-order valence-electron chi connectivity index (χ1n) is 7.65. The zero-order chi connectivity index (χ0) is 17.5. The summed E-state index contributed by atoms with van der Waals surface area (Å²) in [6.07, 6.45) is 2.55. The van der Waals surface area contributed by atoms with E-state index in [0.717, 1.165) is 12.0 Å². The first kappa shape index (κ1) is 17.6. The highest BCUT2D eigenvalue weighted by Crippen LogP contribution is 2.06. The van der Waals surface area contributed by atoms with Crippen LogP contribution in [0.15, 0.2) is 30.5 Å². The lowest BCUT2D eigenvalue weighted by atomic mass is 10.1. The van der Waals surface area contributed by atoms with Crippen molar-refractivity contribution in [1.29, 1.82) is 0 Å². The number of rotatable bonds is 8. The van der Waals surface area contributed by atoms with E-state index in [1.807, 2.05) is 13.0 Å². The average molecular weight is 334 g/mol. The van der Waals surface area contributed by atoms with E-state index in [-0.39, 0.29) is 24.0 Å². The second-order valence-electron chi connectivity index (χ2n) is 5.37.